The third kappa shape index (κ3) is 5.30. The van der Waals surface area contributed by atoms with Crippen LogP contribution in [0.4, 0.5) is 5.95 Å². The van der Waals surface area contributed by atoms with Gasteiger partial charge in [-0.1, -0.05) is 60.7 Å². The van der Waals surface area contributed by atoms with Crippen LogP contribution in [0.2, 0.25) is 0 Å². The van der Waals surface area contributed by atoms with E-state index in [1.165, 1.54) is 16.9 Å². The van der Waals surface area contributed by atoms with Gasteiger partial charge in [-0.15, -0.1) is 11.3 Å². The van der Waals surface area contributed by atoms with E-state index in [4.69, 9.17) is 4.98 Å². The van der Waals surface area contributed by atoms with E-state index in [0.717, 1.165) is 48.9 Å². The third-order valence-electron chi connectivity index (χ3n) is 6.69. The van der Waals surface area contributed by atoms with Crippen molar-refractivity contribution in [3.8, 4) is 11.1 Å². The summed E-state index contributed by atoms with van der Waals surface area (Å²) in [5.41, 5.74) is 3.89. The second-order valence-electron chi connectivity index (χ2n) is 9.30. The molecule has 0 spiro atoms. The minimum absolute atomic E-state index is 0.0826. The van der Waals surface area contributed by atoms with Gasteiger partial charge in [0.25, 0.3) is 5.56 Å². The molecule has 6 nitrogen and oxygen atoms in total. The van der Waals surface area contributed by atoms with Crippen molar-refractivity contribution >= 4 is 33.4 Å². The van der Waals surface area contributed by atoms with Gasteiger partial charge in [0, 0.05) is 30.1 Å². The number of hydrogen-bond acceptors (Lipinski definition) is 5. The van der Waals surface area contributed by atoms with Crippen LogP contribution in [0.25, 0.3) is 21.3 Å². The summed E-state index contributed by atoms with van der Waals surface area (Å²) in [6.07, 6.45) is 3.56. The summed E-state index contributed by atoms with van der Waals surface area (Å²) in [7, 11) is 0. The molecule has 2 N–H and O–H groups in total. The first-order chi connectivity index (χ1) is 17.1. The van der Waals surface area contributed by atoms with Crippen molar-refractivity contribution in [3.63, 3.8) is 0 Å². The minimum Gasteiger partial charge on any atom is -0.353 e. The van der Waals surface area contributed by atoms with Crippen molar-refractivity contribution in [2.24, 2.45) is 5.92 Å². The Labute approximate surface area is 209 Å². The standard InChI is InChI=1S/C28H30N4O2S/c1-19(14-15-20-9-4-2-5-10-20)29-26(33)22-13-8-16-32(17-22)28-30-24-23(21-11-6-3-7-12-21)18-35-25(24)27(34)31-28/h2-7,9-12,18-19,22H,8,13-17H2,1H3,(H,29,33)(H,30,31,34)/t19-,22-/m1/s1. The Morgan fingerprint density at radius 3 is 2.69 bits per heavy atom. The molecule has 0 saturated carbocycles. The van der Waals surface area contributed by atoms with Crippen LogP contribution in [0.15, 0.2) is 70.8 Å². The lowest BCUT2D eigenvalue weighted by atomic mass is 9.96. The van der Waals surface area contributed by atoms with Crippen LogP contribution in [-0.4, -0.2) is 35.0 Å². The largest absolute Gasteiger partial charge is 0.353 e. The summed E-state index contributed by atoms with van der Waals surface area (Å²) in [5, 5.41) is 5.20. The molecular weight excluding hydrogens is 456 g/mol. The summed E-state index contributed by atoms with van der Waals surface area (Å²) >= 11 is 1.42. The topological polar surface area (TPSA) is 78.1 Å². The molecule has 1 aliphatic rings. The number of carbonyl (C=O) groups excluding carboxylic acids is 1. The van der Waals surface area contributed by atoms with Gasteiger partial charge in [-0.05, 0) is 43.7 Å². The first-order valence-corrected chi connectivity index (χ1v) is 13.1. The van der Waals surface area contributed by atoms with Gasteiger partial charge in [-0.25, -0.2) is 4.98 Å². The maximum absolute atomic E-state index is 13.0. The highest BCUT2D eigenvalue weighted by Crippen LogP contribution is 2.32. The molecule has 2 aromatic carbocycles. The number of nitrogens with one attached hydrogen (secondary N) is 2. The molecular formula is C28H30N4O2S. The molecule has 7 heteroatoms. The molecule has 1 aliphatic heterocycles. The number of aryl methyl sites for hydroxylation is 1. The summed E-state index contributed by atoms with van der Waals surface area (Å²) in [5.74, 6) is 0.506. The second-order valence-corrected chi connectivity index (χ2v) is 10.2. The quantitative estimate of drug-likeness (QED) is 0.385. The smallest absolute Gasteiger partial charge is 0.270 e. The Morgan fingerprint density at radius 1 is 1.17 bits per heavy atom. The zero-order chi connectivity index (χ0) is 24.2. The predicted octanol–water partition coefficient (Wildman–Crippen LogP) is 5.01. The van der Waals surface area contributed by atoms with Crippen molar-refractivity contribution in [2.45, 2.75) is 38.6 Å². The van der Waals surface area contributed by atoms with Gasteiger partial charge in [-0.2, -0.15) is 0 Å². The van der Waals surface area contributed by atoms with Gasteiger partial charge in [0.1, 0.15) is 4.70 Å². The molecule has 180 valence electrons. The predicted molar refractivity (Wildman–Crippen MR) is 143 cm³/mol. The molecule has 2 atom stereocenters. The number of H-pyrrole nitrogens is 1. The summed E-state index contributed by atoms with van der Waals surface area (Å²) in [6.45, 7) is 3.39. The van der Waals surface area contributed by atoms with E-state index in [1.54, 1.807) is 0 Å². The molecule has 0 radical (unpaired) electrons. The van der Waals surface area contributed by atoms with Crippen LogP contribution >= 0.6 is 11.3 Å². The SMILES string of the molecule is C[C@H](CCc1ccccc1)NC(=O)[C@@H]1CCCN(c2nc3c(-c4ccccc4)csc3c(=O)[nH]2)C1. The molecule has 0 unspecified atom stereocenters. The van der Waals surface area contributed by atoms with Crippen LogP contribution in [0.5, 0.6) is 0 Å². The number of nitrogens with zero attached hydrogens (tertiary/aromatic N) is 2. The number of fused-ring (bicyclic) bond motifs is 1. The molecule has 2 aromatic heterocycles. The van der Waals surface area contributed by atoms with Crippen LogP contribution in [0, 0.1) is 5.92 Å². The Bertz CT molecular complexity index is 1350. The van der Waals surface area contributed by atoms with Crippen molar-refractivity contribution in [2.75, 3.05) is 18.0 Å². The van der Waals surface area contributed by atoms with E-state index in [0.29, 0.717) is 17.2 Å². The van der Waals surface area contributed by atoms with Gasteiger partial charge in [0.15, 0.2) is 0 Å². The molecule has 5 rings (SSSR count). The number of anilines is 1. The maximum Gasteiger partial charge on any atom is 0.270 e. The van der Waals surface area contributed by atoms with Crippen LogP contribution in [0.1, 0.15) is 31.7 Å². The average Bonchev–Trinajstić information content (AvgIpc) is 3.33. The van der Waals surface area contributed by atoms with Gasteiger partial charge >= 0.3 is 0 Å². The Balaban J connectivity index is 1.28. The fourth-order valence-electron chi connectivity index (χ4n) is 4.73. The van der Waals surface area contributed by atoms with Crippen molar-refractivity contribution in [3.05, 3.63) is 82.0 Å². The second kappa shape index (κ2) is 10.4. The number of rotatable bonds is 7. The van der Waals surface area contributed by atoms with E-state index < -0.39 is 0 Å². The van der Waals surface area contributed by atoms with Gasteiger partial charge in [-0.3, -0.25) is 14.6 Å². The summed E-state index contributed by atoms with van der Waals surface area (Å²) < 4.78 is 0.631. The maximum atomic E-state index is 13.0. The third-order valence-corrected chi connectivity index (χ3v) is 7.66. The zero-order valence-corrected chi connectivity index (χ0v) is 20.7. The number of aromatic amines is 1. The van der Waals surface area contributed by atoms with E-state index in [1.807, 2.05) is 53.9 Å². The molecule has 1 fully saturated rings. The number of amides is 1. The van der Waals surface area contributed by atoms with E-state index in [2.05, 4.69) is 34.3 Å². The van der Waals surface area contributed by atoms with Crippen molar-refractivity contribution in [1.82, 2.24) is 15.3 Å². The summed E-state index contributed by atoms with van der Waals surface area (Å²) in [4.78, 5) is 35.8. The molecule has 1 amide bonds. The van der Waals surface area contributed by atoms with E-state index in [9.17, 15) is 9.59 Å². The Kier molecular flexibility index (Phi) is 6.95. The number of hydrogen-bond donors (Lipinski definition) is 2. The van der Waals surface area contributed by atoms with E-state index >= 15 is 0 Å². The fourth-order valence-corrected chi connectivity index (χ4v) is 5.64. The molecule has 1 saturated heterocycles. The van der Waals surface area contributed by atoms with Crippen LogP contribution in [-0.2, 0) is 11.2 Å². The molecule has 4 aromatic rings. The first-order valence-electron chi connectivity index (χ1n) is 12.2. The fraction of sp³-hybridized carbons (Fsp3) is 0.321. The molecule has 35 heavy (non-hydrogen) atoms. The van der Waals surface area contributed by atoms with Crippen molar-refractivity contribution < 1.29 is 4.79 Å². The normalized spacial score (nSPS) is 16.8. The Hall–Kier alpha value is -3.45. The molecule has 0 aliphatic carbocycles. The number of piperidine rings is 1. The minimum atomic E-state index is -0.127. The summed E-state index contributed by atoms with van der Waals surface area (Å²) in [6, 6.07) is 20.5. The van der Waals surface area contributed by atoms with Crippen LogP contribution in [0.3, 0.4) is 0 Å². The van der Waals surface area contributed by atoms with E-state index in [-0.39, 0.29) is 23.4 Å². The number of carbonyl (C=O) groups is 1. The number of benzene rings is 2. The average molecular weight is 487 g/mol. The van der Waals surface area contributed by atoms with Gasteiger partial charge in [0.05, 0.1) is 11.4 Å². The first kappa shape index (κ1) is 23.3. The number of thiophene rings is 1. The Morgan fingerprint density at radius 2 is 1.91 bits per heavy atom. The van der Waals surface area contributed by atoms with Crippen molar-refractivity contribution in [1.29, 1.82) is 0 Å². The highest BCUT2D eigenvalue weighted by Gasteiger charge is 2.28. The lowest BCUT2D eigenvalue weighted by Gasteiger charge is -2.33. The highest BCUT2D eigenvalue weighted by atomic mass is 32.1. The van der Waals surface area contributed by atoms with Gasteiger partial charge in [0.2, 0.25) is 11.9 Å². The number of aromatic nitrogens is 2. The lowest BCUT2D eigenvalue weighted by Crippen LogP contribution is -2.46. The molecule has 3 heterocycles. The monoisotopic (exact) mass is 486 g/mol. The van der Waals surface area contributed by atoms with Crippen LogP contribution < -0.4 is 15.8 Å². The zero-order valence-electron chi connectivity index (χ0n) is 19.9. The lowest BCUT2D eigenvalue weighted by molar-refractivity contribution is -0.125. The van der Waals surface area contributed by atoms with Gasteiger partial charge < -0.3 is 10.2 Å². The molecule has 0 bridgehead atoms. The highest BCUT2D eigenvalue weighted by molar-refractivity contribution is 7.17.